The highest BCUT2D eigenvalue weighted by molar-refractivity contribution is 7.13. The molecule has 0 unspecified atom stereocenters. The van der Waals surface area contributed by atoms with E-state index in [9.17, 15) is 22.8 Å². The highest BCUT2D eigenvalue weighted by Gasteiger charge is 2.36. The lowest BCUT2D eigenvalue weighted by Gasteiger charge is -2.34. The molecule has 1 fully saturated rings. The number of carbonyl (C=O) groups excluding carboxylic acids is 2. The molecular formula is C14H13F3N4O2S. The molecule has 0 radical (unpaired) electrons. The molecule has 0 spiro atoms. The summed E-state index contributed by atoms with van der Waals surface area (Å²) in [6.07, 6.45) is -4.44. The summed E-state index contributed by atoms with van der Waals surface area (Å²) in [4.78, 5) is 27.0. The first-order valence-electron chi connectivity index (χ1n) is 7.06. The van der Waals surface area contributed by atoms with Crippen LogP contribution in [0.1, 0.15) is 10.5 Å². The molecule has 1 N–H and O–H groups in total. The molecule has 6 nitrogen and oxygen atoms in total. The Morgan fingerprint density at radius 3 is 2.79 bits per heavy atom. The summed E-state index contributed by atoms with van der Waals surface area (Å²) >= 11 is 1.48. The van der Waals surface area contributed by atoms with Gasteiger partial charge in [0.2, 0.25) is 5.91 Å². The average molecular weight is 358 g/mol. The number of nitrogens with zero attached hydrogens (tertiary/aromatic N) is 3. The maximum Gasteiger partial charge on any atom is 0.406 e. The van der Waals surface area contributed by atoms with Crippen LogP contribution in [0.2, 0.25) is 0 Å². The summed E-state index contributed by atoms with van der Waals surface area (Å²) in [6, 6.07) is 5.30. The zero-order valence-electron chi connectivity index (χ0n) is 12.3. The molecule has 128 valence electrons. The number of hydrogen-bond acceptors (Lipinski definition) is 4. The highest BCUT2D eigenvalue weighted by atomic mass is 32.1. The molecule has 2 amide bonds. The van der Waals surface area contributed by atoms with Crippen molar-refractivity contribution in [1.29, 1.82) is 0 Å². The van der Waals surface area contributed by atoms with Crippen LogP contribution in [0.15, 0.2) is 23.6 Å². The summed E-state index contributed by atoms with van der Waals surface area (Å²) in [5.41, 5.74) is 0.811. The van der Waals surface area contributed by atoms with Gasteiger partial charge in [0.15, 0.2) is 5.69 Å². The molecule has 1 aliphatic rings. The molecule has 3 heterocycles. The minimum atomic E-state index is -4.44. The Bertz CT molecular complexity index is 742. The number of carbonyl (C=O) groups is 2. The number of halogens is 3. The summed E-state index contributed by atoms with van der Waals surface area (Å²) in [6.45, 7) is -1.77. The van der Waals surface area contributed by atoms with E-state index in [1.807, 2.05) is 17.5 Å². The molecule has 1 saturated heterocycles. The van der Waals surface area contributed by atoms with Crippen LogP contribution in [0.25, 0.3) is 10.6 Å². The lowest BCUT2D eigenvalue weighted by molar-refractivity contribution is -0.164. The lowest BCUT2D eigenvalue weighted by Crippen LogP contribution is -2.54. The van der Waals surface area contributed by atoms with Gasteiger partial charge in [-0.2, -0.15) is 18.3 Å². The molecule has 1 aliphatic heterocycles. The zero-order chi connectivity index (χ0) is 17.3. The summed E-state index contributed by atoms with van der Waals surface area (Å²) in [7, 11) is 0. The van der Waals surface area contributed by atoms with Crippen molar-refractivity contribution in [2.75, 3.05) is 26.2 Å². The van der Waals surface area contributed by atoms with E-state index in [-0.39, 0.29) is 25.3 Å². The standard InChI is InChI=1S/C14H13F3N4O2S/c15-14(16,17)8-21-4-3-20(7-12(21)22)13(23)10-6-9(18-19-10)11-2-1-5-24-11/h1-2,5-6H,3-4,7-8H2,(H,18,19). The van der Waals surface area contributed by atoms with Gasteiger partial charge >= 0.3 is 6.18 Å². The molecule has 2 aromatic rings. The Hall–Kier alpha value is -2.36. The molecule has 10 heteroatoms. The van der Waals surface area contributed by atoms with Crippen molar-refractivity contribution < 1.29 is 22.8 Å². The van der Waals surface area contributed by atoms with Gasteiger partial charge in [-0.05, 0) is 17.5 Å². The monoisotopic (exact) mass is 358 g/mol. The van der Waals surface area contributed by atoms with Gasteiger partial charge in [0.25, 0.3) is 5.91 Å². The summed E-state index contributed by atoms with van der Waals surface area (Å²) < 4.78 is 37.2. The number of thiophene rings is 1. The van der Waals surface area contributed by atoms with Crippen molar-refractivity contribution in [2.45, 2.75) is 6.18 Å². The number of nitrogens with one attached hydrogen (secondary N) is 1. The number of amides is 2. The van der Waals surface area contributed by atoms with Gasteiger partial charge in [-0.25, -0.2) is 0 Å². The van der Waals surface area contributed by atoms with Gasteiger partial charge in [-0.15, -0.1) is 11.3 Å². The van der Waals surface area contributed by atoms with Crippen molar-refractivity contribution in [3.63, 3.8) is 0 Å². The Balaban J connectivity index is 1.66. The molecule has 0 aliphatic carbocycles. The molecule has 0 atom stereocenters. The number of hydrogen-bond donors (Lipinski definition) is 1. The van der Waals surface area contributed by atoms with Crippen LogP contribution in [0.3, 0.4) is 0 Å². The van der Waals surface area contributed by atoms with E-state index in [1.165, 1.54) is 16.2 Å². The van der Waals surface area contributed by atoms with E-state index in [2.05, 4.69) is 10.2 Å². The van der Waals surface area contributed by atoms with E-state index < -0.39 is 24.5 Å². The molecule has 3 rings (SSSR count). The fraction of sp³-hybridized carbons (Fsp3) is 0.357. The second-order valence-electron chi connectivity index (χ2n) is 5.30. The van der Waals surface area contributed by atoms with Crippen LogP contribution in [-0.2, 0) is 4.79 Å². The van der Waals surface area contributed by atoms with E-state index >= 15 is 0 Å². The Morgan fingerprint density at radius 2 is 2.17 bits per heavy atom. The van der Waals surface area contributed by atoms with Crippen LogP contribution in [0.5, 0.6) is 0 Å². The van der Waals surface area contributed by atoms with Gasteiger partial charge in [0.05, 0.1) is 10.6 Å². The Labute approximate surface area is 138 Å². The number of alkyl halides is 3. The lowest BCUT2D eigenvalue weighted by atomic mass is 10.2. The van der Waals surface area contributed by atoms with Crippen LogP contribution in [0, 0.1) is 0 Å². The quantitative estimate of drug-likeness (QED) is 0.912. The van der Waals surface area contributed by atoms with Crippen LogP contribution in [-0.4, -0.2) is 64.2 Å². The fourth-order valence-electron chi connectivity index (χ4n) is 2.42. The Kier molecular flexibility index (Phi) is 4.31. The second kappa shape index (κ2) is 6.27. The van der Waals surface area contributed by atoms with Gasteiger partial charge < -0.3 is 9.80 Å². The topological polar surface area (TPSA) is 69.3 Å². The predicted molar refractivity (Wildman–Crippen MR) is 80.4 cm³/mol. The van der Waals surface area contributed by atoms with E-state index in [4.69, 9.17) is 0 Å². The van der Waals surface area contributed by atoms with Crippen molar-refractivity contribution >= 4 is 23.2 Å². The number of aromatic nitrogens is 2. The first-order chi connectivity index (χ1) is 11.3. The van der Waals surface area contributed by atoms with Crippen LogP contribution in [0.4, 0.5) is 13.2 Å². The maximum atomic E-state index is 12.4. The minimum Gasteiger partial charge on any atom is -0.330 e. The second-order valence-corrected chi connectivity index (χ2v) is 6.25. The number of H-pyrrole nitrogens is 1. The van der Waals surface area contributed by atoms with Crippen molar-refractivity contribution in [3.05, 3.63) is 29.3 Å². The molecular weight excluding hydrogens is 345 g/mol. The van der Waals surface area contributed by atoms with Crippen molar-refractivity contribution in [3.8, 4) is 10.6 Å². The van der Waals surface area contributed by atoms with E-state index in [0.717, 1.165) is 4.88 Å². The van der Waals surface area contributed by atoms with Gasteiger partial charge in [-0.3, -0.25) is 14.7 Å². The molecule has 24 heavy (non-hydrogen) atoms. The maximum absolute atomic E-state index is 12.4. The third kappa shape index (κ3) is 3.58. The number of piperazine rings is 1. The fourth-order valence-corrected chi connectivity index (χ4v) is 3.11. The third-order valence-corrected chi connectivity index (χ3v) is 4.46. The third-order valence-electron chi connectivity index (χ3n) is 3.56. The smallest absolute Gasteiger partial charge is 0.330 e. The molecule has 0 saturated carbocycles. The SMILES string of the molecule is O=C1CN(C(=O)c2cc(-c3cccs3)[nH]n2)CCN1CC(F)(F)F. The molecule has 2 aromatic heterocycles. The van der Waals surface area contributed by atoms with Crippen molar-refractivity contribution in [1.82, 2.24) is 20.0 Å². The van der Waals surface area contributed by atoms with Crippen LogP contribution >= 0.6 is 11.3 Å². The molecule has 0 aromatic carbocycles. The van der Waals surface area contributed by atoms with Gasteiger partial charge in [0, 0.05) is 13.1 Å². The predicted octanol–water partition coefficient (Wildman–Crippen LogP) is 1.98. The highest BCUT2D eigenvalue weighted by Crippen LogP contribution is 2.24. The first-order valence-corrected chi connectivity index (χ1v) is 7.94. The average Bonchev–Trinajstić information content (AvgIpc) is 3.18. The van der Waals surface area contributed by atoms with Gasteiger partial charge in [0.1, 0.15) is 13.1 Å². The Morgan fingerprint density at radius 1 is 1.38 bits per heavy atom. The zero-order valence-corrected chi connectivity index (χ0v) is 13.2. The number of rotatable bonds is 3. The van der Waals surface area contributed by atoms with Gasteiger partial charge in [-0.1, -0.05) is 6.07 Å². The normalized spacial score (nSPS) is 15.9. The summed E-state index contributed by atoms with van der Waals surface area (Å²) in [5, 5.41) is 8.57. The first kappa shape index (κ1) is 16.5. The van der Waals surface area contributed by atoms with Crippen molar-refractivity contribution in [2.24, 2.45) is 0 Å². The van der Waals surface area contributed by atoms with E-state index in [1.54, 1.807) is 6.07 Å². The largest absolute Gasteiger partial charge is 0.406 e. The van der Waals surface area contributed by atoms with Crippen LogP contribution < -0.4 is 0 Å². The van der Waals surface area contributed by atoms with E-state index in [0.29, 0.717) is 10.6 Å². The summed E-state index contributed by atoms with van der Waals surface area (Å²) in [5.74, 6) is -1.20. The number of aromatic amines is 1. The molecule has 0 bridgehead atoms. The minimum absolute atomic E-state index is 0.0435.